The lowest BCUT2D eigenvalue weighted by Crippen LogP contribution is -2.70. The van der Waals surface area contributed by atoms with Crippen molar-refractivity contribution in [2.45, 2.75) is 38.5 Å². The smallest absolute Gasteiger partial charge is 0.0901 e. The van der Waals surface area contributed by atoms with Crippen molar-refractivity contribution in [2.75, 3.05) is 27.3 Å². The van der Waals surface area contributed by atoms with Gasteiger partial charge in [0.25, 0.3) is 0 Å². The molecule has 3 nitrogen and oxygen atoms in total. The van der Waals surface area contributed by atoms with Crippen LogP contribution in [0.25, 0.3) is 0 Å². The van der Waals surface area contributed by atoms with Gasteiger partial charge in [-0.3, -0.25) is 4.90 Å². The van der Waals surface area contributed by atoms with E-state index < -0.39 is 0 Å². The lowest BCUT2D eigenvalue weighted by atomic mass is 9.85. The summed E-state index contributed by atoms with van der Waals surface area (Å²) < 4.78 is 11.0. The minimum Gasteiger partial charge on any atom is -0.378 e. The van der Waals surface area contributed by atoms with Gasteiger partial charge in [0.15, 0.2) is 0 Å². The molecule has 0 radical (unpaired) electrons. The minimum absolute atomic E-state index is 0.0685. The van der Waals surface area contributed by atoms with Crippen molar-refractivity contribution in [2.24, 2.45) is 0 Å². The Hall–Kier alpha value is -0.120. The Labute approximate surface area is 81.0 Å². The summed E-state index contributed by atoms with van der Waals surface area (Å²) >= 11 is 0. The number of hydrogen-bond acceptors (Lipinski definition) is 3. The summed E-state index contributed by atoms with van der Waals surface area (Å²) in [5.74, 6) is 0. The quantitative estimate of drug-likeness (QED) is 0.658. The zero-order valence-electron chi connectivity index (χ0n) is 9.33. The summed E-state index contributed by atoms with van der Waals surface area (Å²) in [5.41, 5.74) is 0.0685. The predicted molar refractivity (Wildman–Crippen MR) is 52.9 cm³/mol. The Kier molecular flexibility index (Phi) is 3.33. The van der Waals surface area contributed by atoms with Crippen LogP contribution in [-0.2, 0) is 9.47 Å². The maximum absolute atomic E-state index is 5.63. The van der Waals surface area contributed by atoms with Crippen molar-refractivity contribution in [1.82, 2.24) is 4.90 Å². The van der Waals surface area contributed by atoms with Crippen LogP contribution in [0, 0.1) is 0 Å². The van der Waals surface area contributed by atoms with E-state index in [1.807, 2.05) is 0 Å². The molecule has 1 saturated heterocycles. The van der Waals surface area contributed by atoms with Crippen LogP contribution >= 0.6 is 0 Å². The maximum Gasteiger partial charge on any atom is 0.0901 e. The summed E-state index contributed by atoms with van der Waals surface area (Å²) in [5, 5.41) is 0. The van der Waals surface area contributed by atoms with Crippen LogP contribution in [0.5, 0.6) is 0 Å². The van der Waals surface area contributed by atoms with Gasteiger partial charge < -0.3 is 9.47 Å². The average Bonchev–Trinajstić information content (AvgIpc) is 2.09. The zero-order valence-corrected chi connectivity index (χ0v) is 9.33. The third-order valence-corrected chi connectivity index (χ3v) is 3.00. The first-order chi connectivity index (χ1) is 6.00. The standard InChI is InChI=1S/C10H21NO2/c1-8(2)13-7-10(3)9(12-5)6-11(10)4/h8-9H,6-7H2,1-5H3. The number of rotatable bonds is 4. The molecule has 0 aromatic heterocycles. The van der Waals surface area contributed by atoms with Gasteiger partial charge in [0.05, 0.1) is 24.4 Å². The summed E-state index contributed by atoms with van der Waals surface area (Å²) in [6.07, 6.45) is 0.611. The summed E-state index contributed by atoms with van der Waals surface area (Å²) in [6.45, 7) is 8.06. The number of likely N-dealkylation sites (tertiary alicyclic amines) is 1. The molecule has 0 spiro atoms. The lowest BCUT2D eigenvalue weighted by molar-refractivity contribution is -0.166. The van der Waals surface area contributed by atoms with Crippen LogP contribution < -0.4 is 0 Å². The van der Waals surface area contributed by atoms with Crippen LogP contribution in [0.1, 0.15) is 20.8 Å². The van der Waals surface area contributed by atoms with E-state index in [2.05, 4.69) is 32.7 Å². The fourth-order valence-corrected chi connectivity index (χ4v) is 1.65. The molecule has 0 aromatic rings. The van der Waals surface area contributed by atoms with Crippen molar-refractivity contribution >= 4 is 0 Å². The first-order valence-corrected chi connectivity index (χ1v) is 4.86. The molecule has 0 amide bonds. The Morgan fingerprint density at radius 1 is 1.54 bits per heavy atom. The highest BCUT2D eigenvalue weighted by Gasteiger charge is 2.48. The molecule has 1 fully saturated rings. The van der Waals surface area contributed by atoms with Crippen LogP contribution in [0.15, 0.2) is 0 Å². The molecule has 13 heavy (non-hydrogen) atoms. The normalized spacial score (nSPS) is 35.1. The molecule has 0 aliphatic carbocycles. The molecule has 78 valence electrons. The third kappa shape index (κ3) is 2.03. The summed E-state index contributed by atoms with van der Waals surface area (Å²) in [6, 6.07) is 0. The second kappa shape index (κ2) is 3.95. The minimum atomic E-state index is 0.0685. The second-order valence-electron chi connectivity index (χ2n) is 4.32. The van der Waals surface area contributed by atoms with Gasteiger partial charge in [0, 0.05) is 13.7 Å². The van der Waals surface area contributed by atoms with Gasteiger partial charge in [-0.15, -0.1) is 0 Å². The van der Waals surface area contributed by atoms with Crippen LogP contribution in [-0.4, -0.2) is 50.0 Å². The van der Waals surface area contributed by atoms with E-state index in [1.165, 1.54) is 0 Å². The van der Waals surface area contributed by atoms with E-state index in [0.717, 1.165) is 13.2 Å². The van der Waals surface area contributed by atoms with E-state index >= 15 is 0 Å². The third-order valence-electron chi connectivity index (χ3n) is 3.00. The lowest BCUT2D eigenvalue weighted by Gasteiger charge is -2.54. The molecule has 0 saturated carbocycles. The van der Waals surface area contributed by atoms with E-state index in [9.17, 15) is 0 Å². The van der Waals surface area contributed by atoms with Crippen molar-refractivity contribution in [3.8, 4) is 0 Å². The molecular formula is C10H21NO2. The Balaban J connectivity index is 2.43. The highest BCUT2D eigenvalue weighted by atomic mass is 16.5. The maximum atomic E-state index is 5.63. The zero-order chi connectivity index (χ0) is 10.1. The molecule has 2 atom stereocenters. The number of methoxy groups -OCH3 is 1. The number of likely N-dealkylation sites (N-methyl/N-ethyl adjacent to an activating group) is 1. The Morgan fingerprint density at radius 3 is 2.54 bits per heavy atom. The van der Waals surface area contributed by atoms with Crippen LogP contribution in [0.2, 0.25) is 0 Å². The second-order valence-corrected chi connectivity index (χ2v) is 4.32. The first kappa shape index (κ1) is 11.0. The summed E-state index contributed by atoms with van der Waals surface area (Å²) in [7, 11) is 3.88. The Morgan fingerprint density at radius 2 is 2.15 bits per heavy atom. The van der Waals surface area contributed by atoms with E-state index in [-0.39, 0.29) is 5.54 Å². The highest BCUT2D eigenvalue weighted by Crippen LogP contribution is 2.31. The van der Waals surface area contributed by atoms with Crippen molar-refractivity contribution in [1.29, 1.82) is 0 Å². The van der Waals surface area contributed by atoms with Gasteiger partial charge in [-0.05, 0) is 27.8 Å². The largest absolute Gasteiger partial charge is 0.378 e. The molecule has 1 aliphatic heterocycles. The fraction of sp³-hybridized carbons (Fsp3) is 1.00. The van der Waals surface area contributed by atoms with Gasteiger partial charge >= 0.3 is 0 Å². The fourth-order valence-electron chi connectivity index (χ4n) is 1.65. The molecule has 1 rings (SSSR count). The van der Waals surface area contributed by atoms with Gasteiger partial charge in [-0.2, -0.15) is 0 Å². The van der Waals surface area contributed by atoms with Crippen molar-refractivity contribution in [3.05, 3.63) is 0 Å². The van der Waals surface area contributed by atoms with Crippen LogP contribution in [0.3, 0.4) is 0 Å². The number of ether oxygens (including phenoxy) is 2. The topological polar surface area (TPSA) is 21.7 Å². The van der Waals surface area contributed by atoms with E-state index in [4.69, 9.17) is 9.47 Å². The number of hydrogen-bond donors (Lipinski definition) is 0. The molecule has 1 aliphatic rings. The van der Waals surface area contributed by atoms with E-state index in [0.29, 0.717) is 12.2 Å². The molecular weight excluding hydrogens is 166 g/mol. The Bertz CT molecular complexity index is 172. The van der Waals surface area contributed by atoms with E-state index in [1.54, 1.807) is 7.11 Å². The SMILES string of the molecule is COC1CN(C)C1(C)COC(C)C. The predicted octanol–water partition coefficient (Wildman–Crippen LogP) is 1.13. The van der Waals surface area contributed by atoms with Crippen molar-refractivity contribution in [3.63, 3.8) is 0 Å². The average molecular weight is 187 g/mol. The van der Waals surface area contributed by atoms with Gasteiger partial charge in [-0.25, -0.2) is 0 Å². The number of nitrogens with zero attached hydrogens (tertiary/aromatic N) is 1. The van der Waals surface area contributed by atoms with Crippen molar-refractivity contribution < 1.29 is 9.47 Å². The molecule has 0 N–H and O–H groups in total. The molecule has 0 bridgehead atoms. The molecule has 3 heteroatoms. The van der Waals surface area contributed by atoms with Gasteiger partial charge in [0.2, 0.25) is 0 Å². The molecule has 0 aromatic carbocycles. The summed E-state index contributed by atoms with van der Waals surface area (Å²) in [4.78, 5) is 2.28. The monoisotopic (exact) mass is 187 g/mol. The van der Waals surface area contributed by atoms with Gasteiger partial charge in [0.1, 0.15) is 0 Å². The first-order valence-electron chi connectivity index (χ1n) is 4.86. The van der Waals surface area contributed by atoms with Gasteiger partial charge in [-0.1, -0.05) is 0 Å². The highest BCUT2D eigenvalue weighted by molar-refractivity contribution is 5.03. The molecule has 2 unspecified atom stereocenters. The molecule has 1 heterocycles. The van der Waals surface area contributed by atoms with Crippen LogP contribution in [0.4, 0.5) is 0 Å².